The van der Waals surface area contributed by atoms with Gasteiger partial charge in [0.15, 0.2) is 0 Å². The van der Waals surface area contributed by atoms with Crippen molar-refractivity contribution in [2.24, 2.45) is 5.92 Å². The number of amides is 1. The van der Waals surface area contributed by atoms with Crippen molar-refractivity contribution < 1.29 is 22.7 Å². The first-order chi connectivity index (χ1) is 18.2. The van der Waals surface area contributed by atoms with E-state index in [9.17, 15) is 18.0 Å². The molecular weight excluding hydrogens is 509 g/mol. The second-order valence-electron chi connectivity index (χ2n) is 10.8. The van der Waals surface area contributed by atoms with E-state index in [-0.39, 0.29) is 29.6 Å². The molecule has 208 valence electrons. The largest absolute Gasteiger partial charge is 0.433 e. The molecule has 0 saturated carbocycles. The van der Waals surface area contributed by atoms with Crippen LogP contribution in [-0.2, 0) is 15.7 Å². The minimum absolute atomic E-state index is 0.0835. The number of pyridine rings is 2. The van der Waals surface area contributed by atoms with E-state index in [4.69, 9.17) is 4.74 Å². The fraction of sp³-hybridized carbons (Fsp3) is 0.464. The van der Waals surface area contributed by atoms with Crippen molar-refractivity contribution in [3.8, 4) is 11.1 Å². The Morgan fingerprint density at radius 3 is 2.44 bits per heavy atom. The zero-order valence-electron chi connectivity index (χ0n) is 22.8. The first-order valence-electron chi connectivity index (χ1n) is 12.8. The molecule has 1 fully saturated rings. The second kappa shape index (κ2) is 10.9. The predicted molar refractivity (Wildman–Crippen MR) is 141 cm³/mol. The van der Waals surface area contributed by atoms with Crippen LogP contribution in [0.4, 0.5) is 19.1 Å². The fourth-order valence-corrected chi connectivity index (χ4v) is 4.84. The van der Waals surface area contributed by atoms with Crippen molar-refractivity contribution in [3.63, 3.8) is 0 Å². The van der Waals surface area contributed by atoms with E-state index in [0.717, 1.165) is 12.3 Å². The van der Waals surface area contributed by atoms with Crippen molar-refractivity contribution >= 4 is 11.9 Å². The number of alkyl halides is 3. The number of hydrogen-bond donors (Lipinski definition) is 2. The van der Waals surface area contributed by atoms with E-state index in [1.165, 1.54) is 6.07 Å². The van der Waals surface area contributed by atoms with E-state index >= 15 is 0 Å². The van der Waals surface area contributed by atoms with Gasteiger partial charge < -0.3 is 15.4 Å². The fourth-order valence-electron chi connectivity index (χ4n) is 4.84. The molecule has 4 heterocycles. The number of anilines is 1. The Labute approximate surface area is 225 Å². The third-order valence-corrected chi connectivity index (χ3v) is 6.62. The summed E-state index contributed by atoms with van der Waals surface area (Å²) in [6.07, 6.45) is -1.94. The highest BCUT2D eigenvalue weighted by atomic mass is 19.4. The minimum atomic E-state index is -4.53. The number of halogens is 3. The van der Waals surface area contributed by atoms with Crippen LogP contribution < -0.4 is 10.6 Å². The smallest absolute Gasteiger partial charge is 0.373 e. The normalized spacial score (nSPS) is 19.5. The number of carbonyl (C=O) groups is 1. The van der Waals surface area contributed by atoms with Crippen molar-refractivity contribution in [3.05, 3.63) is 65.5 Å². The number of nitrogens with one attached hydrogen (secondary N) is 2. The molecule has 0 bridgehead atoms. The monoisotopic (exact) mass is 542 g/mol. The number of carbonyl (C=O) groups excluding carboxylic acids is 1. The topological polar surface area (TPSA) is 102 Å². The van der Waals surface area contributed by atoms with Crippen molar-refractivity contribution in [1.82, 2.24) is 25.3 Å². The Morgan fingerprint density at radius 2 is 1.77 bits per heavy atom. The van der Waals surface area contributed by atoms with Gasteiger partial charge in [0.25, 0.3) is 0 Å². The van der Waals surface area contributed by atoms with Crippen LogP contribution in [0.5, 0.6) is 0 Å². The maximum atomic E-state index is 13.1. The van der Waals surface area contributed by atoms with Gasteiger partial charge in [-0.2, -0.15) is 13.2 Å². The van der Waals surface area contributed by atoms with Crippen LogP contribution in [0.2, 0.25) is 0 Å². The Bertz CT molecular complexity index is 1340. The molecule has 4 rings (SSSR count). The Balaban J connectivity index is 1.52. The minimum Gasteiger partial charge on any atom is -0.373 e. The van der Waals surface area contributed by atoms with Gasteiger partial charge in [0.2, 0.25) is 11.9 Å². The Hall–Kier alpha value is -3.60. The lowest BCUT2D eigenvalue weighted by Crippen LogP contribution is -2.34. The van der Waals surface area contributed by atoms with E-state index in [0.29, 0.717) is 40.7 Å². The maximum absolute atomic E-state index is 13.1. The molecule has 1 saturated heterocycles. The summed E-state index contributed by atoms with van der Waals surface area (Å²) in [6.45, 7) is 12.0. The van der Waals surface area contributed by atoms with Crippen LogP contribution in [0.3, 0.4) is 0 Å². The molecule has 0 spiro atoms. The molecular formula is C28H33F3N6O2. The molecule has 2 N–H and O–H groups in total. The summed E-state index contributed by atoms with van der Waals surface area (Å²) in [7, 11) is 0. The number of aryl methyl sites for hydroxylation is 1. The first kappa shape index (κ1) is 28.4. The van der Waals surface area contributed by atoms with E-state index in [1.807, 2.05) is 34.6 Å². The summed E-state index contributed by atoms with van der Waals surface area (Å²) in [5.41, 5.74) is 1.52. The van der Waals surface area contributed by atoms with E-state index in [1.54, 1.807) is 31.3 Å². The zero-order chi connectivity index (χ0) is 28.5. The average Bonchev–Trinajstić information content (AvgIpc) is 3.24. The summed E-state index contributed by atoms with van der Waals surface area (Å²) in [5, 5.41) is 6.16. The average molecular weight is 543 g/mol. The molecule has 1 unspecified atom stereocenters. The highest BCUT2D eigenvalue weighted by molar-refractivity contribution is 5.86. The van der Waals surface area contributed by atoms with Gasteiger partial charge in [-0.3, -0.25) is 14.8 Å². The lowest BCUT2D eigenvalue weighted by molar-refractivity contribution is -0.141. The molecule has 39 heavy (non-hydrogen) atoms. The van der Waals surface area contributed by atoms with Gasteiger partial charge in [-0.15, -0.1) is 0 Å². The van der Waals surface area contributed by atoms with Gasteiger partial charge in [-0.1, -0.05) is 6.07 Å². The molecule has 3 aromatic heterocycles. The van der Waals surface area contributed by atoms with Gasteiger partial charge >= 0.3 is 6.18 Å². The molecule has 1 aliphatic heterocycles. The van der Waals surface area contributed by atoms with Gasteiger partial charge in [0.1, 0.15) is 5.69 Å². The lowest BCUT2D eigenvalue weighted by Gasteiger charge is -2.30. The Morgan fingerprint density at radius 1 is 1.05 bits per heavy atom. The summed E-state index contributed by atoms with van der Waals surface area (Å²) >= 11 is 0. The first-order valence-corrected chi connectivity index (χ1v) is 12.8. The van der Waals surface area contributed by atoms with Crippen LogP contribution in [-0.4, -0.2) is 44.1 Å². The number of nitrogens with zero attached hydrogens (tertiary/aromatic N) is 4. The standard InChI is InChI=1S/C28H33F3N6O2/c1-15-19(18-9-11-32-23(13-18)28(29,30)31)7-8-21(35-15)16(2)36-26-33-12-10-22(37-26)24-20(14-34-25(24)38)17(3)39-27(4,5)6/h7-13,16-17,20,24H,14H2,1-6H3,(H,34,38)(H,33,36,37)/t16-,17+,20?,24+/m0/s1. The summed E-state index contributed by atoms with van der Waals surface area (Å²) in [6, 6.07) is 7.47. The third-order valence-electron chi connectivity index (χ3n) is 6.62. The third kappa shape index (κ3) is 6.70. The summed E-state index contributed by atoms with van der Waals surface area (Å²) < 4.78 is 45.5. The number of ether oxygens (including phenoxy) is 1. The number of rotatable bonds is 7. The van der Waals surface area contributed by atoms with E-state index < -0.39 is 17.8 Å². The van der Waals surface area contributed by atoms with Crippen LogP contribution in [0.15, 0.2) is 42.7 Å². The van der Waals surface area contributed by atoms with Gasteiger partial charge in [-0.05, 0) is 71.4 Å². The van der Waals surface area contributed by atoms with Crippen molar-refractivity contribution in [1.29, 1.82) is 0 Å². The number of hydrogen-bond acceptors (Lipinski definition) is 7. The predicted octanol–water partition coefficient (Wildman–Crippen LogP) is 5.47. The molecule has 1 aliphatic rings. The Kier molecular flexibility index (Phi) is 7.92. The van der Waals surface area contributed by atoms with Gasteiger partial charge in [-0.25, -0.2) is 9.97 Å². The zero-order valence-corrected chi connectivity index (χ0v) is 22.8. The summed E-state index contributed by atoms with van der Waals surface area (Å²) in [4.78, 5) is 29.8. The molecule has 4 atom stereocenters. The number of aromatic nitrogens is 4. The van der Waals surface area contributed by atoms with Gasteiger partial charge in [0, 0.05) is 36.1 Å². The van der Waals surface area contributed by atoms with Crippen LogP contribution >= 0.6 is 0 Å². The summed E-state index contributed by atoms with van der Waals surface area (Å²) in [5.74, 6) is -0.308. The van der Waals surface area contributed by atoms with Crippen LogP contribution in [0.1, 0.15) is 69.4 Å². The molecule has 11 heteroatoms. The molecule has 0 aromatic carbocycles. The van der Waals surface area contributed by atoms with Crippen molar-refractivity contribution in [2.45, 2.75) is 71.4 Å². The molecule has 0 aliphatic carbocycles. The highest BCUT2D eigenvalue weighted by Gasteiger charge is 2.41. The SMILES string of the molecule is Cc1nc([C@H](C)Nc2nccc([C@@H]3C(=O)NCC3[C@@H](C)OC(C)(C)C)n2)ccc1-c1ccnc(C(F)(F)F)c1. The highest BCUT2D eigenvalue weighted by Crippen LogP contribution is 2.34. The quantitative estimate of drug-likeness (QED) is 0.408. The maximum Gasteiger partial charge on any atom is 0.433 e. The van der Waals surface area contributed by atoms with E-state index in [2.05, 4.69) is 30.6 Å². The van der Waals surface area contributed by atoms with Crippen molar-refractivity contribution in [2.75, 3.05) is 11.9 Å². The van der Waals surface area contributed by atoms with Crippen LogP contribution in [0, 0.1) is 12.8 Å². The van der Waals surface area contributed by atoms with Gasteiger partial charge in [0.05, 0.1) is 35.1 Å². The lowest BCUT2D eigenvalue weighted by atomic mass is 9.88. The molecule has 8 nitrogen and oxygen atoms in total. The molecule has 0 radical (unpaired) electrons. The van der Waals surface area contributed by atoms with Crippen LogP contribution in [0.25, 0.3) is 11.1 Å². The molecule has 1 amide bonds. The second-order valence-corrected chi connectivity index (χ2v) is 10.8. The molecule has 3 aromatic rings.